The molecule has 0 atom stereocenters. The van der Waals surface area contributed by atoms with Gasteiger partial charge in [-0.1, -0.05) is 168 Å². The van der Waals surface area contributed by atoms with Crippen molar-refractivity contribution < 1.29 is 14.3 Å². The molecule has 0 bridgehead atoms. The summed E-state index contributed by atoms with van der Waals surface area (Å²) in [6.07, 6.45) is 37.0. The Morgan fingerprint density at radius 2 is 0.564 bits per heavy atom. The highest BCUT2D eigenvalue weighted by Gasteiger charge is 2.05. The Morgan fingerprint density at radius 1 is 0.333 bits per heavy atom. The number of rotatable bonds is 34. The Bertz CT molecular complexity index is 458. The van der Waals surface area contributed by atoms with Crippen molar-refractivity contribution in [1.29, 1.82) is 0 Å². The van der Waals surface area contributed by atoms with E-state index < -0.39 is 0 Å². The van der Waals surface area contributed by atoms with Crippen LogP contribution in [0.3, 0.4) is 0 Å². The zero-order valence-electron chi connectivity index (χ0n) is 26.9. The van der Waals surface area contributed by atoms with Crippen LogP contribution in [-0.4, -0.2) is 24.8 Å². The molecular weight excluding hydrogens is 480 g/mol. The maximum atomic E-state index is 12.0. The standard InChI is InChI=1S/C36H70O3/c1-3-5-7-9-11-13-15-17-19-21-23-25-27-29-35(37)31-33-39-34-32-36(38)30-28-26-24-22-20-18-16-14-12-10-8-6-4-2/h3-34H2,1-2H3. The van der Waals surface area contributed by atoms with Gasteiger partial charge in [0.15, 0.2) is 0 Å². The van der Waals surface area contributed by atoms with Crippen molar-refractivity contribution in [3.8, 4) is 0 Å². The van der Waals surface area contributed by atoms with Gasteiger partial charge in [-0.25, -0.2) is 0 Å². The third-order valence-electron chi connectivity index (χ3n) is 8.17. The molecule has 0 N–H and O–H groups in total. The molecule has 0 spiro atoms. The molecule has 0 aliphatic heterocycles. The highest BCUT2D eigenvalue weighted by Crippen LogP contribution is 2.14. The van der Waals surface area contributed by atoms with Gasteiger partial charge in [-0.2, -0.15) is 0 Å². The predicted octanol–water partition coefficient (Wildman–Crippen LogP) is 11.9. The van der Waals surface area contributed by atoms with Gasteiger partial charge in [-0.15, -0.1) is 0 Å². The topological polar surface area (TPSA) is 43.4 Å². The van der Waals surface area contributed by atoms with Gasteiger partial charge in [0.05, 0.1) is 13.2 Å². The van der Waals surface area contributed by atoms with Gasteiger partial charge in [-0.3, -0.25) is 9.59 Å². The van der Waals surface area contributed by atoms with Gasteiger partial charge in [0, 0.05) is 25.7 Å². The van der Waals surface area contributed by atoms with Gasteiger partial charge in [-0.05, 0) is 12.8 Å². The summed E-state index contributed by atoms with van der Waals surface area (Å²) in [6.45, 7) is 5.50. The predicted molar refractivity (Wildman–Crippen MR) is 171 cm³/mol. The maximum absolute atomic E-state index is 12.0. The monoisotopic (exact) mass is 551 g/mol. The SMILES string of the molecule is CCCCCCCCCCCCCCCC(=O)CCOCCC(=O)CCCCCCCCCCCCCCC. The second kappa shape index (κ2) is 33.5. The fourth-order valence-electron chi connectivity index (χ4n) is 5.40. The van der Waals surface area contributed by atoms with Crippen molar-refractivity contribution in [2.75, 3.05) is 13.2 Å². The van der Waals surface area contributed by atoms with Crippen LogP contribution < -0.4 is 0 Å². The molecule has 0 aliphatic rings. The van der Waals surface area contributed by atoms with Crippen LogP contribution in [0.5, 0.6) is 0 Å². The number of carbonyl (C=O) groups excluding carboxylic acids is 2. The van der Waals surface area contributed by atoms with E-state index in [1.54, 1.807) is 0 Å². The third-order valence-corrected chi connectivity index (χ3v) is 8.17. The van der Waals surface area contributed by atoms with E-state index >= 15 is 0 Å². The molecule has 0 aromatic heterocycles. The van der Waals surface area contributed by atoms with Crippen LogP contribution in [0.15, 0.2) is 0 Å². The lowest BCUT2D eigenvalue weighted by Gasteiger charge is -2.05. The van der Waals surface area contributed by atoms with Gasteiger partial charge >= 0.3 is 0 Å². The summed E-state index contributed by atoms with van der Waals surface area (Å²) in [5, 5.41) is 0. The first-order valence-corrected chi connectivity index (χ1v) is 17.8. The minimum Gasteiger partial charge on any atom is -0.381 e. The number of ether oxygens (including phenoxy) is 1. The molecule has 0 amide bonds. The van der Waals surface area contributed by atoms with Crippen molar-refractivity contribution in [1.82, 2.24) is 0 Å². The maximum Gasteiger partial charge on any atom is 0.135 e. The minimum absolute atomic E-state index is 0.316. The van der Waals surface area contributed by atoms with Crippen LogP contribution in [0, 0.1) is 0 Å². The summed E-state index contributed by atoms with van der Waals surface area (Å²) in [5.74, 6) is 0.632. The average Bonchev–Trinajstić information content (AvgIpc) is 2.93. The van der Waals surface area contributed by atoms with Crippen LogP contribution >= 0.6 is 0 Å². The Morgan fingerprint density at radius 3 is 0.821 bits per heavy atom. The van der Waals surface area contributed by atoms with Gasteiger partial charge in [0.25, 0.3) is 0 Å². The number of hydrogen-bond acceptors (Lipinski definition) is 3. The summed E-state index contributed by atoms with van der Waals surface area (Å²) >= 11 is 0. The van der Waals surface area contributed by atoms with E-state index in [1.807, 2.05) is 0 Å². The Labute approximate surface area is 245 Å². The zero-order valence-corrected chi connectivity index (χ0v) is 26.9. The molecule has 0 fully saturated rings. The normalized spacial score (nSPS) is 11.3. The molecule has 0 aliphatic carbocycles. The summed E-state index contributed by atoms with van der Waals surface area (Å²) in [7, 11) is 0. The molecular formula is C36H70O3. The van der Waals surface area contributed by atoms with Crippen molar-refractivity contribution in [3.05, 3.63) is 0 Å². The van der Waals surface area contributed by atoms with E-state index in [1.165, 1.54) is 154 Å². The van der Waals surface area contributed by atoms with E-state index in [9.17, 15) is 9.59 Å². The molecule has 3 nitrogen and oxygen atoms in total. The van der Waals surface area contributed by atoms with Crippen LogP contribution in [0.4, 0.5) is 0 Å². The fourth-order valence-corrected chi connectivity index (χ4v) is 5.40. The highest BCUT2D eigenvalue weighted by atomic mass is 16.5. The molecule has 0 saturated carbocycles. The Hall–Kier alpha value is -0.700. The third kappa shape index (κ3) is 33.4. The van der Waals surface area contributed by atoms with Crippen molar-refractivity contribution in [2.24, 2.45) is 0 Å². The number of Topliss-reactive ketones (excluding diaryl/α,β-unsaturated/α-hetero) is 2. The first kappa shape index (κ1) is 38.3. The van der Waals surface area contributed by atoms with E-state index in [-0.39, 0.29) is 0 Å². The number of ketones is 2. The molecule has 39 heavy (non-hydrogen) atoms. The summed E-state index contributed by atoms with van der Waals surface area (Å²) < 4.78 is 5.57. The van der Waals surface area contributed by atoms with E-state index in [2.05, 4.69) is 13.8 Å². The van der Waals surface area contributed by atoms with Crippen molar-refractivity contribution in [3.63, 3.8) is 0 Å². The zero-order chi connectivity index (χ0) is 28.5. The smallest absolute Gasteiger partial charge is 0.135 e. The van der Waals surface area contributed by atoms with E-state index in [0.717, 1.165) is 12.8 Å². The second-order valence-electron chi connectivity index (χ2n) is 12.2. The molecule has 0 radical (unpaired) electrons. The molecule has 0 heterocycles. The number of carbonyl (C=O) groups is 2. The Balaban J connectivity index is 3.26. The van der Waals surface area contributed by atoms with Crippen LogP contribution in [0.1, 0.15) is 206 Å². The number of unbranched alkanes of at least 4 members (excludes halogenated alkanes) is 24. The van der Waals surface area contributed by atoms with E-state index in [0.29, 0.717) is 50.5 Å². The van der Waals surface area contributed by atoms with Crippen molar-refractivity contribution >= 4 is 11.6 Å². The highest BCUT2D eigenvalue weighted by molar-refractivity contribution is 5.78. The number of hydrogen-bond donors (Lipinski definition) is 0. The minimum atomic E-state index is 0.316. The summed E-state index contributed by atoms with van der Waals surface area (Å²) in [4.78, 5) is 24.1. The largest absolute Gasteiger partial charge is 0.381 e. The lowest BCUT2D eigenvalue weighted by Crippen LogP contribution is -2.08. The first-order valence-electron chi connectivity index (χ1n) is 17.8. The lowest BCUT2D eigenvalue weighted by molar-refractivity contribution is -0.120. The fraction of sp³-hybridized carbons (Fsp3) is 0.944. The summed E-state index contributed by atoms with van der Waals surface area (Å²) in [6, 6.07) is 0. The quantitative estimate of drug-likeness (QED) is 0.0748. The molecule has 0 aromatic carbocycles. The molecule has 0 rings (SSSR count). The molecule has 232 valence electrons. The van der Waals surface area contributed by atoms with Gasteiger partial charge in [0.1, 0.15) is 11.6 Å². The average molecular weight is 551 g/mol. The Kier molecular flexibility index (Phi) is 32.9. The van der Waals surface area contributed by atoms with Crippen LogP contribution in [0.2, 0.25) is 0 Å². The van der Waals surface area contributed by atoms with Crippen LogP contribution in [-0.2, 0) is 14.3 Å². The molecule has 0 aromatic rings. The van der Waals surface area contributed by atoms with Gasteiger partial charge < -0.3 is 4.74 Å². The first-order chi connectivity index (χ1) is 19.2. The summed E-state index contributed by atoms with van der Waals surface area (Å²) in [5.41, 5.74) is 0. The molecule has 0 saturated heterocycles. The molecule has 3 heteroatoms. The second-order valence-corrected chi connectivity index (χ2v) is 12.2. The molecule has 0 unspecified atom stereocenters. The van der Waals surface area contributed by atoms with E-state index in [4.69, 9.17) is 4.74 Å². The van der Waals surface area contributed by atoms with Crippen molar-refractivity contribution in [2.45, 2.75) is 206 Å². The van der Waals surface area contributed by atoms with Gasteiger partial charge in [0.2, 0.25) is 0 Å². The van der Waals surface area contributed by atoms with Crippen LogP contribution in [0.25, 0.3) is 0 Å². The lowest BCUT2D eigenvalue weighted by atomic mass is 10.0.